The van der Waals surface area contributed by atoms with E-state index in [1.165, 1.54) is 0 Å². The summed E-state index contributed by atoms with van der Waals surface area (Å²) in [4.78, 5) is 12.5. The summed E-state index contributed by atoms with van der Waals surface area (Å²) in [6.45, 7) is 2.00. The summed E-state index contributed by atoms with van der Waals surface area (Å²) < 4.78 is 0. The summed E-state index contributed by atoms with van der Waals surface area (Å²) in [6.07, 6.45) is 14.6. The Morgan fingerprint density at radius 3 is 2.81 bits per heavy atom. The van der Waals surface area contributed by atoms with Gasteiger partial charge >= 0.3 is 0 Å². The fraction of sp³-hybridized carbons (Fsp3) is 0.421. The van der Waals surface area contributed by atoms with Crippen molar-refractivity contribution in [2.24, 2.45) is 5.92 Å². The van der Waals surface area contributed by atoms with Crippen molar-refractivity contribution in [2.75, 3.05) is 10.6 Å². The van der Waals surface area contributed by atoms with Gasteiger partial charge < -0.3 is 15.6 Å². The largest absolute Gasteiger partial charge is 0.351 e. The number of H-pyrrole nitrogens is 2. The molecule has 0 atom stereocenters. The molecule has 1 aliphatic rings. The monoisotopic (exact) mass is 349 g/mol. The number of aryl methyl sites for hydroxylation is 1. The maximum Gasteiger partial charge on any atom is 0.226 e. The predicted octanol–water partition coefficient (Wildman–Crippen LogP) is 3.73. The van der Waals surface area contributed by atoms with Crippen LogP contribution in [0.2, 0.25) is 0 Å². The van der Waals surface area contributed by atoms with Crippen molar-refractivity contribution in [2.45, 2.75) is 45.1 Å². The van der Waals surface area contributed by atoms with E-state index in [2.05, 4.69) is 36.7 Å². The second kappa shape index (κ2) is 7.08. The zero-order chi connectivity index (χ0) is 17.9. The minimum atomic E-state index is 0.386. The van der Waals surface area contributed by atoms with E-state index in [9.17, 15) is 0 Å². The molecule has 0 aliphatic heterocycles. The van der Waals surface area contributed by atoms with Crippen molar-refractivity contribution in [1.29, 1.82) is 0 Å². The summed E-state index contributed by atoms with van der Waals surface area (Å²) in [5, 5.41) is 14.8. The maximum absolute atomic E-state index is 5.44. The zero-order valence-corrected chi connectivity index (χ0v) is 14.8. The van der Waals surface area contributed by atoms with Gasteiger partial charge in [-0.1, -0.05) is 0 Å². The summed E-state index contributed by atoms with van der Waals surface area (Å²) in [7, 11) is 0. The van der Waals surface area contributed by atoms with Gasteiger partial charge in [0.05, 0.1) is 5.39 Å². The first-order valence-corrected chi connectivity index (χ1v) is 9.05. The normalized spacial score (nSPS) is 20.0. The van der Waals surface area contributed by atoms with Gasteiger partial charge in [-0.3, -0.25) is 5.10 Å². The van der Waals surface area contributed by atoms with E-state index in [-0.39, 0.29) is 0 Å². The topological polar surface area (TPSA) is 94.3 Å². The van der Waals surface area contributed by atoms with Gasteiger partial charge in [0.2, 0.25) is 5.95 Å². The van der Waals surface area contributed by atoms with Gasteiger partial charge in [-0.25, -0.2) is 0 Å². The molecular formula is C19H23N7. The van der Waals surface area contributed by atoms with E-state index in [1.54, 1.807) is 0 Å². The summed E-state index contributed by atoms with van der Waals surface area (Å²) in [5.41, 5.74) is 1.84. The third-order valence-corrected chi connectivity index (χ3v) is 5.07. The van der Waals surface area contributed by atoms with Crippen LogP contribution in [0.25, 0.3) is 11.0 Å². The summed E-state index contributed by atoms with van der Waals surface area (Å²) in [6, 6.07) is 2.35. The van der Waals surface area contributed by atoms with Crippen LogP contribution in [-0.2, 0) is 0 Å². The molecule has 0 aromatic carbocycles. The second-order valence-corrected chi connectivity index (χ2v) is 6.95. The molecule has 0 spiro atoms. The van der Waals surface area contributed by atoms with Crippen LogP contribution in [-0.4, -0.2) is 31.2 Å². The molecule has 0 radical (unpaired) electrons. The minimum absolute atomic E-state index is 0.386. The number of aromatic amines is 2. The third kappa shape index (κ3) is 3.36. The van der Waals surface area contributed by atoms with Crippen LogP contribution in [0.4, 0.5) is 17.6 Å². The van der Waals surface area contributed by atoms with E-state index >= 15 is 0 Å². The molecule has 1 fully saturated rings. The van der Waals surface area contributed by atoms with Crippen molar-refractivity contribution in [3.63, 3.8) is 0 Å². The lowest BCUT2D eigenvalue weighted by Gasteiger charge is -2.28. The molecule has 3 aromatic heterocycles. The number of nitrogens with zero attached hydrogens (tertiary/aromatic N) is 3. The first-order valence-electron chi connectivity index (χ1n) is 9.05. The highest BCUT2D eigenvalue weighted by Gasteiger charge is 2.21. The van der Waals surface area contributed by atoms with E-state index in [0.29, 0.717) is 17.9 Å². The highest BCUT2D eigenvalue weighted by Crippen LogP contribution is 2.29. The highest BCUT2D eigenvalue weighted by atomic mass is 15.2. The van der Waals surface area contributed by atoms with Crippen LogP contribution in [0.1, 0.15) is 37.7 Å². The Morgan fingerprint density at radius 1 is 1.23 bits per heavy atom. The predicted molar refractivity (Wildman–Crippen MR) is 103 cm³/mol. The van der Waals surface area contributed by atoms with Gasteiger partial charge in [0.15, 0.2) is 5.82 Å². The molecule has 0 bridgehead atoms. The molecule has 4 N–H and O–H groups in total. The van der Waals surface area contributed by atoms with Gasteiger partial charge in [-0.2, -0.15) is 15.1 Å². The van der Waals surface area contributed by atoms with Gasteiger partial charge in [0.1, 0.15) is 11.5 Å². The average molecular weight is 349 g/mol. The number of rotatable bonds is 5. The number of fused-ring (bicyclic) bond motifs is 1. The van der Waals surface area contributed by atoms with Gasteiger partial charge in [0, 0.05) is 30.4 Å². The van der Waals surface area contributed by atoms with Crippen molar-refractivity contribution < 1.29 is 0 Å². The van der Waals surface area contributed by atoms with Gasteiger partial charge in [0.25, 0.3) is 0 Å². The quantitative estimate of drug-likeness (QED) is 0.527. The lowest BCUT2D eigenvalue weighted by molar-refractivity contribution is 0.343. The van der Waals surface area contributed by atoms with Gasteiger partial charge in [-0.05, 0) is 44.6 Å². The van der Waals surface area contributed by atoms with E-state index in [1.807, 2.05) is 25.4 Å². The Bertz CT molecular complexity index is 925. The first-order chi connectivity index (χ1) is 12.7. The number of hydrogen-bond acceptors (Lipinski definition) is 5. The molecule has 7 heteroatoms. The van der Waals surface area contributed by atoms with Crippen molar-refractivity contribution in [3.05, 3.63) is 24.0 Å². The smallest absolute Gasteiger partial charge is 0.226 e. The fourth-order valence-corrected chi connectivity index (χ4v) is 3.55. The second-order valence-electron chi connectivity index (χ2n) is 6.95. The van der Waals surface area contributed by atoms with Gasteiger partial charge in [-0.15, -0.1) is 12.3 Å². The number of hydrogen-bond donors (Lipinski definition) is 4. The molecule has 134 valence electrons. The van der Waals surface area contributed by atoms with Crippen LogP contribution in [0.5, 0.6) is 0 Å². The van der Waals surface area contributed by atoms with E-state index in [4.69, 9.17) is 11.4 Å². The Hall–Kier alpha value is -3.01. The number of nitrogens with one attached hydrogen (secondary N) is 4. The third-order valence-electron chi connectivity index (χ3n) is 5.07. The van der Waals surface area contributed by atoms with Crippen LogP contribution >= 0.6 is 0 Å². The molecule has 0 unspecified atom stereocenters. The number of aromatic nitrogens is 5. The van der Waals surface area contributed by atoms with Crippen molar-refractivity contribution >= 4 is 28.6 Å². The minimum Gasteiger partial charge on any atom is -0.351 e. The Labute approximate surface area is 152 Å². The van der Waals surface area contributed by atoms with E-state index < -0.39 is 0 Å². The summed E-state index contributed by atoms with van der Waals surface area (Å²) in [5.74, 6) is 5.59. The number of terminal acetylenes is 1. The molecule has 7 nitrogen and oxygen atoms in total. The Kier molecular flexibility index (Phi) is 4.48. The molecule has 0 saturated heterocycles. The molecule has 3 heterocycles. The molecule has 1 saturated carbocycles. The Morgan fingerprint density at radius 2 is 2.08 bits per heavy atom. The van der Waals surface area contributed by atoms with Crippen LogP contribution in [0.3, 0.4) is 0 Å². The molecular weight excluding hydrogens is 326 g/mol. The fourth-order valence-electron chi connectivity index (χ4n) is 3.55. The van der Waals surface area contributed by atoms with Crippen molar-refractivity contribution in [3.8, 4) is 12.3 Å². The molecule has 1 aliphatic carbocycles. The van der Waals surface area contributed by atoms with Crippen LogP contribution in [0.15, 0.2) is 18.5 Å². The first kappa shape index (κ1) is 16.5. The average Bonchev–Trinajstić information content (AvgIpc) is 3.26. The Balaban J connectivity index is 1.53. The van der Waals surface area contributed by atoms with Crippen molar-refractivity contribution in [1.82, 2.24) is 25.1 Å². The highest BCUT2D eigenvalue weighted by molar-refractivity contribution is 5.89. The summed E-state index contributed by atoms with van der Waals surface area (Å²) >= 11 is 0. The standard InChI is InChI=1S/C19H23N7/c1-3-4-13-5-7-14(8-6-13)22-19-24-17-15(9-10-20-17)18(25-19)23-16-12(2)11-21-26-16/h1,9-11,13-14H,4-8H2,2H3,(H4,20,21,22,23,24,25,26)/t13-,14-. The van der Waals surface area contributed by atoms with E-state index in [0.717, 1.165) is 60.3 Å². The maximum atomic E-state index is 5.44. The molecule has 26 heavy (non-hydrogen) atoms. The van der Waals surface area contributed by atoms with Crippen LogP contribution < -0.4 is 10.6 Å². The SMILES string of the molecule is C#CC[C@H]1CC[C@H](Nc2nc(Nc3n[nH]cc3C)c3cc[nH]c3n2)CC1. The molecule has 3 aromatic rings. The number of anilines is 3. The lowest BCUT2D eigenvalue weighted by Crippen LogP contribution is -2.27. The zero-order valence-electron chi connectivity index (χ0n) is 14.8. The lowest BCUT2D eigenvalue weighted by atomic mass is 9.84. The van der Waals surface area contributed by atoms with Crippen LogP contribution in [0, 0.1) is 25.2 Å². The molecule has 0 amide bonds. The molecule has 4 rings (SSSR count).